The van der Waals surface area contributed by atoms with Crippen LogP contribution < -0.4 is 10.9 Å². The van der Waals surface area contributed by atoms with Gasteiger partial charge in [0.1, 0.15) is 5.65 Å². The van der Waals surface area contributed by atoms with Gasteiger partial charge >= 0.3 is 0 Å². The van der Waals surface area contributed by atoms with E-state index in [1.54, 1.807) is 18.3 Å². The fourth-order valence-electron chi connectivity index (χ4n) is 2.51. The van der Waals surface area contributed by atoms with Gasteiger partial charge < -0.3 is 5.32 Å². The molecule has 0 unspecified atom stereocenters. The molecule has 2 aromatic heterocycles. The Labute approximate surface area is 160 Å². The largest absolute Gasteiger partial charge is 0.325 e. The van der Waals surface area contributed by atoms with E-state index in [4.69, 9.17) is 11.6 Å². The molecule has 3 rings (SSSR count). The highest BCUT2D eigenvalue weighted by Crippen LogP contribution is 2.23. The van der Waals surface area contributed by atoms with Gasteiger partial charge in [0, 0.05) is 28.7 Å². The summed E-state index contributed by atoms with van der Waals surface area (Å²) in [6.07, 6.45) is 1.72. The molecule has 0 aliphatic heterocycles. The zero-order valence-corrected chi connectivity index (χ0v) is 16.0. The molecule has 26 heavy (non-hydrogen) atoms. The van der Waals surface area contributed by atoms with Crippen molar-refractivity contribution >= 4 is 40.6 Å². The number of carbonyl (C=O) groups is 1. The van der Waals surface area contributed by atoms with Crippen LogP contribution in [0.3, 0.4) is 0 Å². The molecule has 1 aromatic carbocycles. The Kier molecular flexibility index (Phi) is 5.64. The van der Waals surface area contributed by atoms with Crippen molar-refractivity contribution in [1.29, 1.82) is 0 Å². The molecule has 0 aliphatic carbocycles. The van der Waals surface area contributed by atoms with Crippen molar-refractivity contribution in [2.45, 2.75) is 19.6 Å². The maximum Gasteiger partial charge on any atom is 0.258 e. The third-order valence-electron chi connectivity index (χ3n) is 3.90. The molecule has 134 valence electrons. The van der Waals surface area contributed by atoms with Crippen molar-refractivity contribution in [3.63, 3.8) is 0 Å². The topological polar surface area (TPSA) is 63.5 Å². The minimum absolute atomic E-state index is 0.117. The Morgan fingerprint density at radius 3 is 2.88 bits per heavy atom. The van der Waals surface area contributed by atoms with Gasteiger partial charge in [0.05, 0.1) is 11.4 Å². The van der Waals surface area contributed by atoms with Crippen molar-refractivity contribution in [1.82, 2.24) is 9.38 Å². The Morgan fingerprint density at radius 2 is 2.08 bits per heavy atom. The number of carbonyl (C=O) groups excluding carboxylic acids is 1. The molecule has 2 heterocycles. The lowest BCUT2D eigenvalue weighted by Crippen LogP contribution is -2.16. The van der Waals surface area contributed by atoms with Crippen LogP contribution in [-0.2, 0) is 10.5 Å². The van der Waals surface area contributed by atoms with Gasteiger partial charge in [-0.1, -0.05) is 17.7 Å². The predicted molar refractivity (Wildman–Crippen MR) is 107 cm³/mol. The number of thioether (sulfide) groups is 1. The van der Waals surface area contributed by atoms with E-state index in [9.17, 15) is 9.59 Å². The quantitative estimate of drug-likeness (QED) is 0.722. The Bertz CT molecular complexity index is 1030. The number of hydrogen-bond acceptors (Lipinski definition) is 4. The van der Waals surface area contributed by atoms with Crippen LogP contribution >= 0.6 is 23.4 Å². The first-order valence-electron chi connectivity index (χ1n) is 8.06. The molecule has 0 atom stereocenters. The first kappa shape index (κ1) is 18.5. The van der Waals surface area contributed by atoms with Gasteiger partial charge in [-0.15, -0.1) is 11.8 Å². The van der Waals surface area contributed by atoms with Gasteiger partial charge in [-0.05, 0) is 49.2 Å². The monoisotopic (exact) mass is 387 g/mol. The SMILES string of the molecule is Cc1ccn2c(=O)cc(CSCC(=O)Nc3cccc(Cl)c3C)nc2c1. The molecule has 0 aliphatic rings. The molecular weight excluding hydrogens is 370 g/mol. The lowest BCUT2D eigenvalue weighted by molar-refractivity contribution is -0.113. The number of nitrogens with one attached hydrogen (secondary N) is 1. The van der Waals surface area contributed by atoms with Gasteiger partial charge in [0.2, 0.25) is 5.91 Å². The van der Waals surface area contributed by atoms with E-state index in [1.165, 1.54) is 22.2 Å². The standard InChI is InChI=1S/C19H18ClN3O2S/c1-12-6-7-23-17(8-12)21-14(9-19(23)25)10-26-11-18(24)22-16-5-3-4-15(20)13(16)2/h3-9H,10-11H2,1-2H3,(H,22,24). The van der Waals surface area contributed by atoms with E-state index in [0.717, 1.165) is 11.1 Å². The summed E-state index contributed by atoms with van der Waals surface area (Å²) in [5, 5.41) is 3.47. The summed E-state index contributed by atoms with van der Waals surface area (Å²) in [5.41, 5.74) is 3.75. The average Bonchev–Trinajstić information content (AvgIpc) is 2.58. The third-order valence-corrected chi connectivity index (χ3v) is 5.28. The second-order valence-electron chi connectivity index (χ2n) is 5.97. The van der Waals surface area contributed by atoms with Gasteiger partial charge in [-0.3, -0.25) is 14.0 Å². The highest BCUT2D eigenvalue weighted by molar-refractivity contribution is 7.99. The normalized spacial score (nSPS) is 10.9. The molecule has 0 radical (unpaired) electrons. The second kappa shape index (κ2) is 7.93. The van der Waals surface area contributed by atoms with Crippen molar-refractivity contribution < 1.29 is 4.79 Å². The number of nitrogens with zero attached hydrogens (tertiary/aromatic N) is 2. The first-order chi connectivity index (χ1) is 12.4. The Balaban J connectivity index is 1.62. The Morgan fingerprint density at radius 1 is 1.27 bits per heavy atom. The molecule has 1 amide bonds. The van der Waals surface area contributed by atoms with Crippen molar-refractivity contribution in [2.24, 2.45) is 0 Å². The molecular formula is C19H18ClN3O2S. The van der Waals surface area contributed by atoms with Crippen LogP contribution in [-0.4, -0.2) is 21.0 Å². The van der Waals surface area contributed by atoms with Crippen LogP contribution in [0.5, 0.6) is 0 Å². The average molecular weight is 388 g/mol. The van der Waals surface area contributed by atoms with Crippen LogP contribution in [0, 0.1) is 13.8 Å². The van der Waals surface area contributed by atoms with Crippen molar-refractivity contribution in [2.75, 3.05) is 11.1 Å². The van der Waals surface area contributed by atoms with E-state index in [0.29, 0.717) is 27.8 Å². The first-order valence-corrected chi connectivity index (χ1v) is 9.59. The minimum atomic E-state index is -0.121. The van der Waals surface area contributed by atoms with Gasteiger partial charge in [-0.25, -0.2) is 4.98 Å². The zero-order chi connectivity index (χ0) is 18.7. The lowest BCUT2D eigenvalue weighted by atomic mass is 10.2. The summed E-state index contributed by atoms with van der Waals surface area (Å²) in [5.74, 6) is 0.636. The maximum absolute atomic E-state index is 12.1. The number of hydrogen-bond donors (Lipinski definition) is 1. The molecule has 0 fully saturated rings. The molecule has 0 saturated heterocycles. The molecule has 0 bridgehead atoms. The summed E-state index contributed by atoms with van der Waals surface area (Å²) < 4.78 is 1.51. The number of anilines is 1. The van der Waals surface area contributed by atoms with Gasteiger partial charge in [0.15, 0.2) is 0 Å². The fourth-order valence-corrected chi connectivity index (χ4v) is 3.40. The highest BCUT2D eigenvalue weighted by Gasteiger charge is 2.08. The highest BCUT2D eigenvalue weighted by atomic mass is 35.5. The number of benzene rings is 1. The van der Waals surface area contributed by atoms with E-state index >= 15 is 0 Å². The van der Waals surface area contributed by atoms with Gasteiger partial charge in [-0.2, -0.15) is 0 Å². The minimum Gasteiger partial charge on any atom is -0.325 e. The number of amides is 1. The van der Waals surface area contributed by atoms with E-state index < -0.39 is 0 Å². The van der Waals surface area contributed by atoms with Crippen LogP contribution in [0.4, 0.5) is 5.69 Å². The number of aromatic nitrogens is 2. The summed E-state index contributed by atoms with van der Waals surface area (Å²) in [7, 11) is 0. The van der Waals surface area contributed by atoms with Crippen LogP contribution in [0.1, 0.15) is 16.8 Å². The smallest absolute Gasteiger partial charge is 0.258 e. The van der Waals surface area contributed by atoms with Crippen LogP contribution in [0.2, 0.25) is 5.02 Å². The summed E-state index contributed by atoms with van der Waals surface area (Å²) in [4.78, 5) is 28.8. The maximum atomic E-state index is 12.1. The lowest BCUT2D eigenvalue weighted by Gasteiger charge is -2.09. The van der Waals surface area contributed by atoms with Crippen LogP contribution in [0.25, 0.3) is 5.65 Å². The third kappa shape index (κ3) is 4.26. The molecule has 0 spiro atoms. The van der Waals surface area contributed by atoms with E-state index in [2.05, 4.69) is 10.3 Å². The molecule has 1 N–H and O–H groups in total. The predicted octanol–water partition coefficient (Wildman–Crippen LogP) is 3.84. The van der Waals surface area contributed by atoms with E-state index in [-0.39, 0.29) is 17.2 Å². The molecule has 3 aromatic rings. The number of fused-ring (bicyclic) bond motifs is 1. The Hall–Kier alpha value is -2.31. The summed E-state index contributed by atoms with van der Waals surface area (Å²) in [6, 6.07) is 10.6. The fraction of sp³-hybridized carbons (Fsp3) is 0.211. The van der Waals surface area contributed by atoms with Gasteiger partial charge in [0.25, 0.3) is 5.56 Å². The molecule has 5 nitrogen and oxygen atoms in total. The summed E-state index contributed by atoms with van der Waals surface area (Å²) >= 11 is 7.47. The molecule has 0 saturated carbocycles. The molecule has 7 heteroatoms. The van der Waals surface area contributed by atoms with Crippen molar-refractivity contribution in [3.8, 4) is 0 Å². The number of halogens is 1. The number of rotatable bonds is 5. The number of aryl methyl sites for hydroxylation is 1. The van der Waals surface area contributed by atoms with Crippen molar-refractivity contribution in [3.05, 3.63) is 74.8 Å². The zero-order valence-electron chi connectivity index (χ0n) is 14.5. The second-order valence-corrected chi connectivity index (χ2v) is 7.36. The van der Waals surface area contributed by atoms with E-state index in [1.807, 2.05) is 32.0 Å². The number of pyridine rings is 1. The summed E-state index contributed by atoms with van der Waals surface area (Å²) in [6.45, 7) is 3.81. The van der Waals surface area contributed by atoms with Crippen LogP contribution in [0.15, 0.2) is 47.4 Å².